The van der Waals surface area contributed by atoms with Gasteiger partial charge in [0.15, 0.2) is 23.0 Å². The molecule has 5 rings (SSSR count). The van der Waals surface area contributed by atoms with Crippen molar-refractivity contribution in [3.8, 4) is 34.8 Å². The fourth-order valence-corrected chi connectivity index (χ4v) is 4.60. The number of fused-ring (bicyclic) bond motifs is 2. The van der Waals surface area contributed by atoms with E-state index in [0.717, 1.165) is 19.5 Å². The van der Waals surface area contributed by atoms with Crippen molar-refractivity contribution in [1.29, 1.82) is 0 Å². The van der Waals surface area contributed by atoms with Crippen LogP contribution in [0.3, 0.4) is 0 Å². The number of carbonyl (C=O) groups excluding carboxylic acids is 1. The van der Waals surface area contributed by atoms with Gasteiger partial charge in [0.05, 0.1) is 36.4 Å². The Kier molecular flexibility index (Phi) is 8.36. The molecule has 0 bridgehead atoms. The molecule has 12 heteroatoms. The first-order chi connectivity index (χ1) is 19.1. The predicted octanol–water partition coefficient (Wildman–Crippen LogP) is 2.96. The summed E-state index contributed by atoms with van der Waals surface area (Å²) in [6.45, 7) is 3.50. The summed E-state index contributed by atoms with van der Waals surface area (Å²) in [5.74, 6) is 8.53. The molecule has 0 aliphatic carbocycles. The standard InChI is InChI=1S/C27H28ClN5O6/c1-35-9-3-5-17-11-19(28)24(26-25(17)38-16-39-26)32-27-18-12-21(36-2)22(13-20(18)30-15-31-27)37-10-4-7-33-8-6-29-23(34)14-33/h11-13,15H,4,6-10,14,16H2,1-2H3,(H,29,34)(H,30,31,32). The fraction of sp³-hybridized carbons (Fsp3) is 0.370. The Morgan fingerprint density at radius 2 is 2.05 bits per heavy atom. The van der Waals surface area contributed by atoms with E-state index in [1.54, 1.807) is 20.3 Å². The van der Waals surface area contributed by atoms with Gasteiger partial charge < -0.3 is 34.3 Å². The lowest BCUT2D eigenvalue weighted by atomic mass is 10.1. The molecule has 3 aromatic rings. The topological polar surface area (TPSA) is 116 Å². The predicted molar refractivity (Wildman–Crippen MR) is 145 cm³/mol. The number of amides is 1. The van der Waals surface area contributed by atoms with E-state index in [2.05, 4.69) is 37.3 Å². The number of piperazine rings is 1. The molecule has 0 atom stereocenters. The molecular formula is C27H28ClN5O6. The van der Waals surface area contributed by atoms with Crippen molar-refractivity contribution in [3.05, 3.63) is 35.1 Å². The van der Waals surface area contributed by atoms with Crippen LogP contribution in [-0.4, -0.2) is 81.2 Å². The number of hydrogen-bond acceptors (Lipinski definition) is 10. The van der Waals surface area contributed by atoms with E-state index < -0.39 is 0 Å². The lowest BCUT2D eigenvalue weighted by molar-refractivity contribution is -0.124. The van der Waals surface area contributed by atoms with E-state index in [9.17, 15) is 4.79 Å². The molecule has 2 aliphatic rings. The van der Waals surface area contributed by atoms with E-state index in [-0.39, 0.29) is 19.3 Å². The first-order valence-electron chi connectivity index (χ1n) is 12.4. The number of nitrogens with zero attached hydrogens (tertiary/aromatic N) is 3. The van der Waals surface area contributed by atoms with Gasteiger partial charge in [-0.15, -0.1) is 0 Å². The molecule has 2 N–H and O–H groups in total. The van der Waals surface area contributed by atoms with Gasteiger partial charge in [0.1, 0.15) is 24.4 Å². The molecule has 39 heavy (non-hydrogen) atoms. The maximum absolute atomic E-state index is 11.6. The van der Waals surface area contributed by atoms with Crippen LogP contribution in [0.15, 0.2) is 24.5 Å². The number of benzene rings is 2. The monoisotopic (exact) mass is 553 g/mol. The van der Waals surface area contributed by atoms with Crippen LogP contribution < -0.4 is 29.6 Å². The third kappa shape index (κ3) is 6.04. The summed E-state index contributed by atoms with van der Waals surface area (Å²) in [5, 5.41) is 7.21. The zero-order valence-electron chi connectivity index (χ0n) is 21.6. The largest absolute Gasteiger partial charge is 0.493 e. The zero-order chi connectivity index (χ0) is 27.2. The molecule has 1 saturated heterocycles. The Bertz CT molecular complexity index is 1440. The fourth-order valence-electron chi connectivity index (χ4n) is 4.36. The number of aromatic nitrogens is 2. The molecule has 1 aromatic heterocycles. The molecule has 0 spiro atoms. The molecule has 2 aliphatic heterocycles. The van der Waals surface area contributed by atoms with Crippen molar-refractivity contribution in [2.45, 2.75) is 6.42 Å². The second-order valence-electron chi connectivity index (χ2n) is 8.78. The van der Waals surface area contributed by atoms with Gasteiger partial charge in [-0.2, -0.15) is 0 Å². The second kappa shape index (κ2) is 12.3. The molecule has 2 aromatic carbocycles. The second-order valence-corrected chi connectivity index (χ2v) is 9.18. The number of anilines is 2. The molecule has 0 unspecified atom stereocenters. The number of halogens is 1. The Balaban J connectivity index is 1.36. The van der Waals surface area contributed by atoms with Crippen LogP contribution >= 0.6 is 11.6 Å². The van der Waals surface area contributed by atoms with Gasteiger partial charge in [-0.25, -0.2) is 9.97 Å². The highest BCUT2D eigenvalue weighted by Gasteiger charge is 2.25. The average molecular weight is 554 g/mol. The van der Waals surface area contributed by atoms with Crippen LogP contribution in [0, 0.1) is 11.8 Å². The van der Waals surface area contributed by atoms with Crippen LogP contribution in [0.5, 0.6) is 23.0 Å². The molecule has 1 amide bonds. The maximum atomic E-state index is 11.6. The molecular weight excluding hydrogens is 526 g/mol. The van der Waals surface area contributed by atoms with Gasteiger partial charge in [-0.05, 0) is 18.6 Å². The van der Waals surface area contributed by atoms with Crippen LogP contribution in [0.2, 0.25) is 5.02 Å². The van der Waals surface area contributed by atoms with Crippen molar-refractivity contribution in [1.82, 2.24) is 20.2 Å². The van der Waals surface area contributed by atoms with Gasteiger partial charge in [0.25, 0.3) is 0 Å². The molecule has 204 valence electrons. The highest BCUT2D eigenvalue weighted by atomic mass is 35.5. The lowest BCUT2D eigenvalue weighted by Gasteiger charge is -2.26. The van der Waals surface area contributed by atoms with E-state index in [1.807, 2.05) is 12.1 Å². The Morgan fingerprint density at radius 1 is 1.18 bits per heavy atom. The third-order valence-electron chi connectivity index (χ3n) is 6.19. The smallest absolute Gasteiger partial charge is 0.234 e. The Labute approximate surface area is 230 Å². The van der Waals surface area contributed by atoms with Crippen LogP contribution in [0.4, 0.5) is 11.5 Å². The quantitative estimate of drug-likeness (QED) is 0.302. The molecule has 0 saturated carbocycles. The average Bonchev–Trinajstić information content (AvgIpc) is 3.43. The van der Waals surface area contributed by atoms with Crippen LogP contribution in [0.25, 0.3) is 10.9 Å². The number of rotatable bonds is 9. The normalized spacial score (nSPS) is 14.5. The number of ether oxygens (including phenoxy) is 5. The summed E-state index contributed by atoms with van der Waals surface area (Å²) in [6.07, 6.45) is 2.22. The first kappa shape index (κ1) is 26.6. The third-order valence-corrected chi connectivity index (χ3v) is 6.49. The van der Waals surface area contributed by atoms with E-state index in [1.165, 1.54) is 6.33 Å². The van der Waals surface area contributed by atoms with Crippen LogP contribution in [0.1, 0.15) is 12.0 Å². The highest BCUT2D eigenvalue weighted by molar-refractivity contribution is 6.34. The van der Waals surface area contributed by atoms with Crippen molar-refractivity contribution >= 4 is 39.9 Å². The summed E-state index contributed by atoms with van der Waals surface area (Å²) in [6, 6.07) is 5.35. The molecule has 3 heterocycles. The summed E-state index contributed by atoms with van der Waals surface area (Å²) in [4.78, 5) is 22.5. The van der Waals surface area contributed by atoms with Gasteiger partial charge in [0.2, 0.25) is 12.7 Å². The molecule has 1 fully saturated rings. The van der Waals surface area contributed by atoms with Crippen molar-refractivity contribution in [2.24, 2.45) is 0 Å². The number of nitrogens with one attached hydrogen (secondary N) is 2. The van der Waals surface area contributed by atoms with Gasteiger partial charge in [-0.1, -0.05) is 23.4 Å². The van der Waals surface area contributed by atoms with Crippen molar-refractivity contribution in [3.63, 3.8) is 0 Å². The summed E-state index contributed by atoms with van der Waals surface area (Å²) in [5.41, 5.74) is 1.77. The molecule has 11 nitrogen and oxygen atoms in total. The number of carbonyl (C=O) groups is 1. The number of methoxy groups -OCH3 is 2. The highest BCUT2D eigenvalue weighted by Crippen LogP contribution is 2.47. The summed E-state index contributed by atoms with van der Waals surface area (Å²) in [7, 11) is 3.16. The van der Waals surface area contributed by atoms with Gasteiger partial charge in [-0.3, -0.25) is 9.69 Å². The van der Waals surface area contributed by atoms with Gasteiger partial charge in [0, 0.05) is 38.2 Å². The van der Waals surface area contributed by atoms with Crippen LogP contribution in [-0.2, 0) is 9.53 Å². The maximum Gasteiger partial charge on any atom is 0.234 e. The minimum absolute atomic E-state index is 0.0489. The summed E-state index contributed by atoms with van der Waals surface area (Å²) >= 11 is 6.64. The Morgan fingerprint density at radius 3 is 2.87 bits per heavy atom. The van der Waals surface area contributed by atoms with Gasteiger partial charge >= 0.3 is 0 Å². The molecule has 0 radical (unpaired) electrons. The van der Waals surface area contributed by atoms with E-state index in [0.29, 0.717) is 75.7 Å². The zero-order valence-corrected chi connectivity index (χ0v) is 22.4. The SMILES string of the molecule is COCC#Cc1cc(Cl)c(Nc2ncnc3cc(OCCCN4CCNC(=O)C4)c(OC)cc23)c2c1OCO2. The first-order valence-corrected chi connectivity index (χ1v) is 12.8. The summed E-state index contributed by atoms with van der Waals surface area (Å²) < 4.78 is 28.0. The number of hydrogen-bond donors (Lipinski definition) is 2. The van der Waals surface area contributed by atoms with E-state index in [4.69, 9.17) is 35.3 Å². The van der Waals surface area contributed by atoms with Crippen molar-refractivity contribution < 1.29 is 28.5 Å². The van der Waals surface area contributed by atoms with E-state index >= 15 is 0 Å². The van der Waals surface area contributed by atoms with Crippen molar-refractivity contribution in [2.75, 3.05) is 65.7 Å². The Hall–Kier alpha value is -3.98. The minimum atomic E-state index is 0.0489. The minimum Gasteiger partial charge on any atom is -0.493 e. The lowest BCUT2D eigenvalue weighted by Crippen LogP contribution is -2.47.